The maximum Gasteiger partial charge on any atom is 0.301 e. The number of nitrogens with zero attached hydrogens (tertiary/aromatic N) is 2. The summed E-state index contributed by atoms with van der Waals surface area (Å²) in [6.07, 6.45) is 0. The van der Waals surface area contributed by atoms with Gasteiger partial charge in [-0.25, -0.2) is 4.98 Å². The third-order valence-corrected chi connectivity index (χ3v) is 3.29. The van der Waals surface area contributed by atoms with E-state index in [1.54, 1.807) is 24.3 Å². The first-order valence-electron chi connectivity index (χ1n) is 4.90. The van der Waals surface area contributed by atoms with Gasteiger partial charge in [0.25, 0.3) is 0 Å². The van der Waals surface area contributed by atoms with E-state index < -0.39 is 4.92 Å². The molecule has 0 fully saturated rings. The molecule has 0 bridgehead atoms. The molecule has 0 amide bonds. The Morgan fingerprint density at radius 1 is 1.33 bits per heavy atom. The predicted octanol–water partition coefficient (Wildman–Crippen LogP) is 3.38. The minimum Gasteiger partial charge on any atom is -0.384 e. The summed E-state index contributed by atoms with van der Waals surface area (Å²) in [6, 6.07) is 9.75. The van der Waals surface area contributed by atoms with E-state index in [1.165, 1.54) is 12.1 Å². The molecule has 0 aliphatic carbocycles. The first-order chi connectivity index (χ1) is 8.56. The number of anilines is 1. The summed E-state index contributed by atoms with van der Waals surface area (Å²) >= 11 is 7.01. The second kappa shape index (κ2) is 5.24. The smallest absolute Gasteiger partial charge is 0.301 e. The summed E-state index contributed by atoms with van der Waals surface area (Å²) < 4.78 is 0. The van der Waals surface area contributed by atoms with Crippen LogP contribution in [-0.4, -0.2) is 9.91 Å². The van der Waals surface area contributed by atoms with E-state index in [0.717, 1.165) is 16.7 Å². The SMILES string of the molecule is Nc1ccc([N+](=O)[O-])c(Sc2cccc(Cl)c2)n1. The summed E-state index contributed by atoms with van der Waals surface area (Å²) in [4.78, 5) is 15.1. The van der Waals surface area contributed by atoms with Crippen molar-refractivity contribution >= 4 is 34.9 Å². The Morgan fingerprint density at radius 3 is 2.78 bits per heavy atom. The number of nitrogens with two attached hydrogens (primary N) is 1. The van der Waals surface area contributed by atoms with Crippen molar-refractivity contribution in [2.75, 3.05) is 5.73 Å². The number of halogens is 1. The first kappa shape index (κ1) is 12.7. The monoisotopic (exact) mass is 281 g/mol. The van der Waals surface area contributed by atoms with Crippen molar-refractivity contribution in [1.82, 2.24) is 4.98 Å². The molecule has 2 aromatic rings. The third kappa shape index (κ3) is 2.91. The molecule has 0 unspecified atom stereocenters. The second-order valence-electron chi connectivity index (χ2n) is 3.38. The van der Waals surface area contributed by atoms with Gasteiger partial charge in [0, 0.05) is 16.0 Å². The Kier molecular flexibility index (Phi) is 3.69. The van der Waals surface area contributed by atoms with Gasteiger partial charge < -0.3 is 5.73 Å². The average Bonchev–Trinajstić information content (AvgIpc) is 2.28. The standard InChI is InChI=1S/C11H8ClN3O2S/c12-7-2-1-3-8(6-7)18-11-9(15(16)17)4-5-10(13)14-11/h1-6H,(H2,13,14). The molecule has 1 aromatic heterocycles. The minimum atomic E-state index is -0.487. The highest BCUT2D eigenvalue weighted by Crippen LogP contribution is 2.34. The number of hydrogen-bond donors (Lipinski definition) is 1. The molecule has 0 radical (unpaired) electrons. The van der Waals surface area contributed by atoms with E-state index in [1.807, 2.05) is 0 Å². The number of nitrogen functional groups attached to an aromatic ring is 1. The summed E-state index contributed by atoms with van der Waals surface area (Å²) in [5.74, 6) is 0.241. The highest BCUT2D eigenvalue weighted by molar-refractivity contribution is 7.99. The minimum absolute atomic E-state index is 0.0748. The fraction of sp³-hybridized carbons (Fsp3) is 0. The van der Waals surface area contributed by atoms with Crippen LogP contribution in [0.4, 0.5) is 11.5 Å². The highest BCUT2D eigenvalue weighted by atomic mass is 35.5. The largest absolute Gasteiger partial charge is 0.384 e. The van der Waals surface area contributed by atoms with E-state index in [0.29, 0.717) is 5.02 Å². The molecule has 1 aromatic carbocycles. The fourth-order valence-electron chi connectivity index (χ4n) is 1.30. The van der Waals surface area contributed by atoms with Gasteiger partial charge in [0.1, 0.15) is 5.82 Å². The van der Waals surface area contributed by atoms with Crippen LogP contribution in [0.3, 0.4) is 0 Å². The van der Waals surface area contributed by atoms with E-state index in [-0.39, 0.29) is 16.5 Å². The number of hydrogen-bond acceptors (Lipinski definition) is 5. The van der Waals surface area contributed by atoms with Crippen LogP contribution in [0.25, 0.3) is 0 Å². The maximum absolute atomic E-state index is 10.9. The lowest BCUT2D eigenvalue weighted by Gasteiger charge is -2.03. The van der Waals surface area contributed by atoms with Crippen molar-refractivity contribution in [3.8, 4) is 0 Å². The molecular formula is C11H8ClN3O2S. The predicted molar refractivity (Wildman–Crippen MR) is 70.9 cm³/mol. The molecule has 7 heteroatoms. The number of aromatic nitrogens is 1. The topological polar surface area (TPSA) is 82.0 Å². The number of pyridine rings is 1. The van der Waals surface area contributed by atoms with Crippen molar-refractivity contribution in [1.29, 1.82) is 0 Å². The van der Waals surface area contributed by atoms with Crippen molar-refractivity contribution in [3.63, 3.8) is 0 Å². The normalized spacial score (nSPS) is 10.3. The molecule has 0 aliphatic heterocycles. The highest BCUT2D eigenvalue weighted by Gasteiger charge is 2.16. The molecule has 2 rings (SSSR count). The van der Waals surface area contributed by atoms with E-state index in [9.17, 15) is 10.1 Å². The number of rotatable bonds is 3. The van der Waals surface area contributed by atoms with E-state index in [2.05, 4.69) is 4.98 Å². The molecule has 1 heterocycles. The van der Waals surface area contributed by atoms with Crippen LogP contribution in [0.15, 0.2) is 46.3 Å². The van der Waals surface area contributed by atoms with Crippen LogP contribution >= 0.6 is 23.4 Å². The Labute approximate surface area is 112 Å². The Hall–Kier alpha value is -1.79. The molecular weight excluding hydrogens is 274 g/mol. The number of benzene rings is 1. The molecule has 0 saturated heterocycles. The molecule has 92 valence electrons. The first-order valence-corrected chi connectivity index (χ1v) is 6.10. The molecule has 2 N–H and O–H groups in total. The van der Waals surface area contributed by atoms with Crippen LogP contribution in [-0.2, 0) is 0 Å². The Balaban J connectivity index is 2.39. The quantitative estimate of drug-likeness (QED) is 0.689. The van der Waals surface area contributed by atoms with Gasteiger partial charge in [0.05, 0.1) is 4.92 Å². The Morgan fingerprint density at radius 2 is 2.11 bits per heavy atom. The lowest BCUT2D eigenvalue weighted by molar-refractivity contribution is -0.388. The lowest BCUT2D eigenvalue weighted by atomic mass is 10.4. The van der Waals surface area contributed by atoms with Gasteiger partial charge in [-0.3, -0.25) is 10.1 Å². The molecule has 18 heavy (non-hydrogen) atoms. The maximum atomic E-state index is 10.9. The molecule has 5 nitrogen and oxygen atoms in total. The van der Waals surface area contributed by atoms with Crippen molar-refractivity contribution in [2.45, 2.75) is 9.92 Å². The Bertz CT molecular complexity index is 607. The van der Waals surface area contributed by atoms with Gasteiger partial charge in [-0.05, 0) is 24.3 Å². The lowest BCUT2D eigenvalue weighted by Crippen LogP contribution is -1.97. The zero-order valence-electron chi connectivity index (χ0n) is 9.04. The van der Waals surface area contributed by atoms with Crippen molar-refractivity contribution in [3.05, 3.63) is 51.5 Å². The second-order valence-corrected chi connectivity index (χ2v) is 4.88. The molecule has 0 aliphatic rings. The van der Waals surface area contributed by atoms with E-state index >= 15 is 0 Å². The molecule has 0 spiro atoms. The zero-order valence-corrected chi connectivity index (χ0v) is 10.6. The van der Waals surface area contributed by atoms with Gasteiger partial charge in [-0.1, -0.05) is 29.4 Å². The van der Waals surface area contributed by atoms with Gasteiger partial charge >= 0.3 is 5.69 Å². The molecule has 0 saturated carbocycles. The number of nitro groups is 1. The summed E-state index contributed by atoms with van der Waals surface area (Å²) in [7, 11) is 0. The summed E-state index contributed by atoms with van der Waals surface area (Å²) in [5.41, 5.74) is 5.46. The van der Waals surface area contributed by atoms with Crippen LogP contribution < -0.4 is 5.73 Å². The van der Waals surface area contributed by atoms with Crippen molar-refractivity contribution in [2.24, 2.45) is 0 Å². The van der Waals surface area contributed by atoms with Gasteiger partial charge in [0.2, 0.25) is 0 Å². The summed E-state index contributed by atoms with van der Waals surface area (Å²) in [5, 5.41) is 11.7. The van der Waals surface area contributed by atoms with Crippen molar-refractivity contribution < 1.29 is 4.92 Å². The van der Waals surface area contributed by atoms with Crippen LogP contribution in [0.1, 0.15) is 0 Å². The summed E-state index contributed by atoms with van der Waals surface area (Å²) in [6.45, 7) is 0. The van der Waals surface area contributed by atoms with Crippen LogP contribution in [0, 0.1) is 10.1 Å². The fourth-order valence-corrected chi connectivity index (χ4v) is 2.51. The van der Waals surface area contributed by atoms with Gasteiger partial charge in [-0.15, -0.1) is 0 Å². The zero-order chi connectivity index (χ0) is 13.1. The van der Waals surface area contributed by atoms with Crippen LogP contribution in [0.2, 0.25) is 5.02 Å². The third-order valence-electron chi connectivity index (χ3n) is 2.07. The molecule has 0 atom stereocenters. The van der Waals surface area contributed by atoms with Crippen LogP contribution in [0.5, 0.6) is 0 Å². The van der Waals surface area contributed by atoms with Gasteiger partial charge in [-0.2, -0.15) is 0 Å². The van der Waals surface area contributed by atoms with Gasteiger partial charge in [0.15, 0.2) is 5.03 Å². The average molecular weight is 282 g/mol. The van der Waals surface area contributed by atoms with E-state index in [4.69, 9.17) is 17.3 Å².